The SMILES string of the molecule is Cn1cc(CCN)c2cc(N(OC(=O)/C=C/C(=O)ON(C(N)=O)c3ccc4c(c3)c(CCN)cn4C)C(N)=O)ccc21. The van der Waals surface area contributed by atoms with E-state index in [0.29, 0.717) is 36.1 Å². The largest absolute Gasteiger partial charge is 0.356 e. The fraction of sp³-hybridized carbons (Fsp3) is 0.214. The lowest BCUT2D eigenvalue weighted by molar-refractivity contribution is -0.140. The van der Waals surface area contributed by atoms with E-state index in [1.807, 2.05) is 35.6 Å². The molecule has 4 rings (SSSR count). The molecule has 4 amide bonds. The van der Waals surface area contributed by atoms with Gasteiger partial charge in [0.2, 0.25) is 0 Å². The minimum absolute atomic E-state index is 0.189. The van der Waals surface area contributed by atoms with E-state index >= 15 is 0 Å². The number of fused-ring (bicyclic) bond motifs is 2. The fourth-order valence-electron chi connectivity index (χ4n) is 4.71. The predicted octanol–water partition coefficient (Wildman–Crippen LogP) is 1.62. The second-order valence-corrected chi connectivity index (χ2v) is 9.43. The Morgan fingerprint density at radius 3 is 1.43 bits per heavy atom. The van der Waals surface area contributed by atoms with Crippen molar-refractivity contribution in [1.82, 2.24) is 9.13 Å². The third kappa shape index (κ3) is 6.19. The number of aryl methyl sites for hydroxylation is 2. The Kier molecular flexibility index (Phi) is 8.79. The van der Waals surface area contributed by atoms with E-state index < -0.39 is 24.0 Å². The Labute approximate surface area is 240 Å². The van der Waals surface area contributed by atoms with Gasteiger partial charge >= 0.3 is 24.0 Å². The van der Waals surface area contributed by atoms with E-state index in [1.165, 1.54) is 0 Å². The summed E-state index contributed by atoms with van der Waals surface area (Å²) in [5, 5.41) is 2.80. The fourth-order valence-corrected chi connectivity index (χ4v) is 4.71. The number of carbonyl (C=O) groups is 4. The minimum Gasteiger partial charge on any atom is -0.350 e. The van der Waals surface area contributed by atoms with Crippen molar-refractivity contribution < 1.29 is 28.9 Å². The Hall–Kier alpha value is -5.34. The van der Waals surface area contributed by atoms with E-state index in [9.17, 15) is 19.2 Å². The number of rotatable bonds is 8. The van der Waals surface area contributed by atoms with Crippen LogP contribution in [0.5, 0.6) is 0 Å². The van der Waals surface area contributed by atoms with Gasteiger partial charge in [-0.1, -0.05) is 0 Å². The summed E-state index contributed by atoms with van der Waals surface area (Å²) in [7, 11) is 3.74. The first kappa shape index (κ1) is 29.6. The standard InChI is InChI=1S/C28H32N8O6/c1-33-15-17(9-11-29)21-13-19(3-5-23(21)33)35(27(31)39)41-25(37)7-8-26(38)42-36(28(32)40)20-4-6-24-22(14-20)18(10-12-30)16-34(24)2/h3-8,13-16H,9-12,29-30H2,1-2H3,(H2,31,39)(H2,32,40)/b8-7+. The normalized spacial score (nSPS) is 11.2. The molecule has 14 heteroatoms. The molecule has 0 unspecified atom stereocenters. The molecule has 0 saturated heterocycles. The maximum Gasteiger partial charge on any atom is 0.356 e. The van der Waals surface area contributed by atoms with Crippen LogP contribution in [-0.4, -0.2) is 46.2 Å². The van der Waals surface area contributed by atoms with Gasteiger partial charge in [-0.05, 0) is 73.5 Å². The van der Waals surface area contributed by atoms with Gasteiger partial charge in [0.05, 0.1) is 11.4 Å². The molecule has 220 valence electrons. The zero-order valence-corrected chi connectivity index (χ0v) is 23.1. The van der Waals surface area contributed by atoms with E-state index in [4.69, 9.17) is 32.6 Å². The maximum atomic E-state index is 12.5. The van der Waals surface area contributed by atoms with Gasteiger partial charge in [0.1, 0.15) is 0 Å². The molecule has 8 N–H and O–H groups in total. The van der Waals surface area contributed by atoms with Crippen LogP contribution in [0.15, 0.2) is 60.9 Å². The highest BCUT2D eigenvalue weighted by atomic mass is 16.7. The van der Waals surface area contributed by atoms with Gasteiger partial charge in [0, 0.05) is 60.4 Å². The molecule has 2 aromatic heterocycles. The zero-order chi connectivity index (χ0) is 30.6. The van der Waals surface area contributed by atoms with Crippen LogP contribution in [0.1, 0.15) is 11.1 Å². The molecule has 2 heterocycles. The summed E-state index contributed by atoms with van der Waals surface area (Å²) in [5.41, 5.74) is 26.3. The summed E-state index contributed by atoms with van der Waals surface area (Å²) in [6.07, 6.45) is 6.47. The van der Waals surface area contributed by atoms with Crippen molar-refractivity contribution in [3.63, 3.8) is 0 Å². The summed E-state index contributed by atoms with van der Waals surface area (Å²) >= 11 is 0. The highest BCUT2D eigenvalue weighted by Gasteiger charge is 2.21. The van der Waals surface area contributed by atoms with Gasteiger partial charge in [0.15, 0.2) is 0 Å². The quantitative estimate of drug-likeness (QED) is 0.178. The average Bonchev–Trinajstić information content (AvgIpc) is 3.43. The number of primary amides is 2. The molecule has 4 aromatic rings. The molecule has 2 aromatic carbocycles. The van der Waals surface area contributed by atoms with Crippen molar-refractivity contribution in [3.05, 3.63) is 72.1 Å². The van der Waals surface area contributed by atoms with E-state index in [2.05, 4.69) is 0 Å². The number of hydrogen-bond acceptors (Lipinski definition) is 8. The number of benzene rings is 2. The molecule has 0 aliphatic rings. The second kappa shape index (κ2) is 12.4. The first-order valence-corrected chi connectivity index (χ1v) is 12.9. The molecule has 0 fully saturated rings. The van der Waals surface area contributed by atoms with Gasteiger partial charge in [-0.3, -0.25) is 0 Å². The number of anilines is 2. The lowest BCUT2D eigenvalue weighted by Crippen LogP contribution is -2.38. The van der Waals surface area contributed by atoms with Crippen LogP contribution >= 0.6 is 0 Å². The topological polar surface area (TPSA) is 207 Å². The van der Waals surface area contributed by atoms with Crippen LogP contribution in [0.3, 0.4) is 0 Å². The third-order valence-corrected chi connectivity index (χ3v) is 6.53. The number of aromatic nitrogens is 2. The first-order chi connectivity index (χ1) is 20.0. The molecule has 0 aliphatic heterocycles. The second-order valence-electron chi connectivity index (χ2n) is 9.43. The van der Waals surface area contributed by atoms with E-state index in [-0.39, 0.29) is 11.4 Å². The summed E-state index contributed by atoms with van der Waals surface area (Å²) in [5.74, 6) is -2.22. The zero-order valence-electron chi connectivity index (χ0n) is 23.1. The number of amides is 4. The number of nitrogens with zero attached hydrogens (tertiary/aromatic N) is 4. The third-order valence-electron chi connectivity index (χ3n) is 6.53. The van der Waals surface area contributed by atoms with Gasteiger partial charge in [0.25, 0.3) is 0 Å². The summed E-state index contributed by atoms with van der Waals surface area (Å²) < 4.78 is 3.82. The minimum atomic E-state index is -1.11. The van der Waals surface area contributed by atoms with Gasteiger partial charge in [-0.2, -0.15) is 0 Å². The molecule has 0 atom stereocenters. The van der Waals surface area contributed by atoms with Crippen molar-refractivity contribution >= 4 is 57.2 Å². The van der Waals surface area contributed by atoms with Gasteiger partial charge in [-0.15, -0.1) is 10.1 Å². The molecular formula is C28H32N8O6. The summed E-state index contributed by atoms with van der Waals surface area (Å²) in [4.78, 5) is 59.5. The van der Waals surface area contributed by atoms with Crippen LogP contribution in [0.4, 0.5) is 21.0 Å². The van der Waals surface area contributed by atoms with Crippen LogP contribution in [0, 0.1) is 0 Å². The molecule has 0 spiro atoms. The van der Waals surface area contributed by atoms with Gasteiger partial charge in [-0.25, -0.2) is 19.2 Å². The van der Waals surface area contributed by atoms with Crippen molar-refractivity contribution in [1.29, 1.82) is 0 Å². The maximum absolute atomic E-state index is 12.5. The summed E-state index contributed by atoms with van der Waals surface area (Å²) in [6.45, 7) is 0.838. The molecule has 0 aliphatic carbocycles. The summed E-state index contributed by atoms with van der Waals surface area (Å²) in [6, 6.07) is 7.74. The highest BCUT2D eigenvalue weighted by molar-refractivity contribution is 5.99. The van der Waals surface area contributed by atoms with E-state index in [0.717, 1.165) is 45.1 Å². The lowest BCUT2D eigenvalue weighted by atomic mass is 10.1. The van der Waals surface area contributed by atoms with Crippen molar-refractivity contribution in [2.45, 2.75) is 12.8 Å². The Morgan fingerprint density at radius 2 is 1.10 bits per heavy atom. The van der Waals surface area contributed by atoms with Crippen LogP contribution in [0.25, 0.3) is 21.8 Å². The number of urea groups is 2. The number of hydrogen-bond donors (Lipinski definition) is 4. The molecule has 0 bridgehead atoms. The Balaban J connectivity index is 1.49. The smallest absolute Gasteiger partial charge is 0.350 e. The van der Waals surface area contributed by atoms with Crippen LogP contribution in [-0.2, 0) is 46.2 Å². The average molecular weight is 577 g/mol. The number of hydroxylamine groups is 2. The van der Waals surface area contributed by atoms with Gasteiger partial charge < -0.3 is 41.7 Å². The van der Waals surface area contributed by atoms with Crippen molar-refractivity contribution in [3.8, 4) is 0 Å². The molecule has 14 nitrogen and oxygen atoms in total. The van der Waals surface area contributed by atoms with Crippen LogP contribution in [0.2, 0.25) is 0 Å². The molecule has 0 saturated carbocycles. The van der Waals surface area contributed by atoms with Crippen molar-refractivity contribution in [2.75, 3.05) is 23.2 Å². The molecular weight excluding hydrogens is 544 g/mol. The Bertz CT molecular complexity index is 1580. The molecule has 42 heavy (non-hydrogen) atoms. The lowest BCUT2D eigenvalue weighted by Gasteiger charge is -2.19. The van der Waals surface area contributed by atoms with Crippen molar-refractivity contribution in [2.24, 2.45) is 37.0 Å². The van der Waals surface area contributed by atoms with E-state index in [1.54, 1.807) is 36.4 Å². The highest BCUT2D eigenvalue weighted by Crippen LogP contribution is 2.28. The number of carbonyl (C=O) groups excluding carboxylic acids is 4. The Morgan fingerprint density at radius 1 is 0.714 bits per heavy atom. The monoisotopic (exact) mass is 576 g/mol. The van der Waals surface area contributed by atoms with Crippen LogP contribution < -0.4 is 33.1 Å². The first-order valence-electron chi connectivity index (χ1n) is 12.9. The predicted molar refractivity (Wildman–Crippen MR) is 157 cm³/mol. The molecule has 0 radical (unpaired) electrons. The number of nitrogens with two attached hydrogens (primary N) is 4.